The molecule has 0 saturated carbocycles. The van der Waals surface area contributed by atoms with Gasteiger partial charge in [-0.25, -0.2) is 4.39 Å². The second-order valence-corrected chi connectivity index (χ2v) is 4.89. The average Bonchev–Trinajstić information content (AvgIpc) is 2.73. The molecule has 0 radical (unpaired) electrons. The van der Waals surface area contributed by atoms with Crippen molar-refractivity contribution < 1.29 is 14.3 Å². The number of phenols is 1. The maximum atomic E-state index is 13.5. The molecule has 1 aromatic heterocycles. The number of halogens is 1. The molecule has 1 aromatic carbocycles. The third-order valence-electron chi connectivity index (χ3n) is 3.15. The summed E-state index contributed by atoms with van der Waals surface area (Å²) in [5.41, 5.74) is 1.70. The van der Waals surface area contributed by atoms with Gasteiger partial charge in [-0.2, -0.15) is 5.10 Å². The van der Waals surface area contributed by atoms with Crippen molar-refractivity contribution in [2.75, 3.05) is 6.54 Å². The van der Waals surface area contributed by atoms with Gasteiger partial charge in [0.1, 0.15) is 17.1 Å². The molecule has 0 aliphatic rings. The fraction of sp³-hybridized carbons (Fsp3) is 0.333. The highest BCUT2D eigenvalue weighted by molar-refractivity contribution is 5.97. The van der Waals surface area contributed by atoms with Crippen molar-refractivity contribution in [3.8, 4) is 5.75 Å². The van der Waals surface area contributed by atoms with Gasteiger partial charge >= 0.3 is 0 Å². The topological polar surface area (TPSA) is 67.2 Å². The van der Waals surface area contributed by atoms with Crippen LogP contribution in [0.25, 0.3) is 0 Å². The van der Waals surface area contributed by atoms with Crippen molar-refractivity contribution in [1.82, 2.24) is 15.1 Å². The van der Waals surface area contributed by atoms with Crippen LogP contribution >= 0.6 is 0 Å². The standard InChI is InChI=1S/C15H18FN3O2/c1-10-9-11(2)19(18-10)8-4-7-17-15(21)14-12(16)5-3-6-13(14)20/h3,5-6,9,20H,4,7-8H2,1-2H3,(H,17,21). The number of nitrogens with one attached hydrogen (secondary N) is 1. The zero-order valence-electron chi connectivity index (χ0n) is 12.1. The van der Waals surface area contributed by atoms with E-state index >= 15 is 0 Å². The minimum atomic E-state index is -0.731. The van der Waals surface area contributed by atoms with E-state index in [0.717, 1.165) is 17.5 Å². The number of carbonyl (C=O) groups excluding carboxylic acids is 1. The van der Waals surface area contributed by atoms with Crippen molar-refractivity contribution in [2.45, 2.75) is 26.8 Å². The Morgan fingerprint density at radius 2 is 2.19 bits per heavy atom. The number of aromatic hydroxyl groups is 1. The number of carbonyl (C=O) groups is 1. The van der Waals surface area contributed by atoms with Crippen LogP contribution in [0.15, 0.2) is 24.3 Å². The van der Waals surface area contributed by atoms with Crippen molar-refractivity contribution in [3.05, 3.63) is 47.0 Å². The third-order valence-corrected chi connectivity index (χ3v) is 3.15. The molecule has 0 spiro atoms. The minimum absolute atomic E-state index is 0.316. The first-order chi connectivity index (χ1) is 9.99. The highest BCUT2D eigenvalue weighted by Crippen LogP contribution is 2.19. The summed E-state index contributed by atoms with van der Waals surface area (Å²) < 4.78 is 15.4. The van der Waals surface area contributed by atoms with E-state index in [1.165, 1.54) is 12.1 Å². The van der Waals surface area contributed by atoms with Crippen LogP contribution < -0.4 is 5.32 Å². The molecular weight excluding hydrogens is 273 g/mol. The number of hydrogen-bond acceptors (Lipinski definition) is 3. The Hall–Kier alpha value is -2.37. The highest BCUT2D eigenvalue weighted by atomic mass is 19.1. The molecule has 0 aliphatic heterocycles. The van der Waals surface area contributed by atoms with Crippen LogP contribution in [0.2, 0.25) is 0 Å². The summed E-state index contributed by atoms with van der Waals surface area (Å²) in [5, 5.41) is 16.4. The molecule has 0 unspecified atom stereocenters. The molecule has 1 amide bonds. The van der Waals surface area contributed by atoms with Gasteiger partial charge in [0.2, 0.25) is 0 Å². The van der Waals surface area contributed by atoms with Crippen LogP contribution in [0, 0.1) is 19.7 Å². The van der Waals surface area contributed by atoms with Crippen LogP contribution in [0.1, 0.15) is 28.2 Å². The van der Waals surface area contributed by atoms with Gasteiger partial charge in [-0.3, -0.25) is 9.48 Å². The minimum Gasteiger partial charge on any atom is -0.507 e. The largest absolute Gasteiger partial charge is 0.507 e. The smallest absolute Gasteiger partial charge is 0.258 e. The van der Waals surface area contributed by atoms with Gasteiger partial charge in [0.05, 0.1) is 5.69 Å². The van der Waals surface area contributed by atoms with Gasteiger partial charge in [-0.1, -0.05) is 6.07 Å². The number of amides is 1. The molecule has 21 heavy (non-hydrogen) atoms. The number of hydrogen-bond donors (Lipinski definition) is 2. The molecule has 0 fully saturated rings. The average molecular weight is 291 g/mol. The van der Waals surface area contributed by atoms with Crippen LogP contribution in [0.4, 0.5) is 4.39 Å². The number of aryl methyl sites for hydroxylation is 3. The number of nitrogens with zero attached hydrogens (tertiary/aromatic N) is 2. The number of rotatable bonds is 5. The molecule has 112 valence electrons. The van der Waals surface area contributed by atoms with E-state index in [0.29, 0.717) is 19.5 Å². The van der Waals surface area contributed by atoms with E-state index in [1.807, 2.05) is 24.6 Å². The van der Waals surface area contributed by atoms with E-state index in [2.05, 4.69) is 10.4 Å². The van der Waals surface area contributed by atoms with Gasteiger partial charge in [0.25, 0.3) is 5.91 Å². The summed E-state index contributed by atoms with van der Waals surface area (Å²) in [7, 11) is 0. The lowest BCUT2D eigenvalue weighted by molar-refractivity contribution is 0.0945. The lowest BCUT2D eigenvalue weighted by atomic mass is 10.1. The fourth-order valence-electron chi connectivity index (χ4n) is 2.16. The quantitative estimate of drug-likeness (QED) is 0.830. The summed E-state index contributed by atoms with van der Waals surface area (Å²) in [4.78, 5) is 11.8. The van der Waals surface area contributed by atoms with Gasteiger partial charge in [0, 0.05) is 18.8 Å². The summed E-state index contributed by atoms with van der Waals surface area (Å²) in [6.07, 6.45) is 0.670. The van der Waals surface area contributed by atoms with Gasteiger partial charge in [0.15, 0.2) is 0 Å². The van der Waals surface area contributed by atoms with Crippen molar-refractivity contribution >= 4 is 5.91 Å². The van der Waals surface area contributed by atoms with Crippen LogP contribution in [-0.2, 0) is 6.54 Å². The summed E-state index contributed by atoms with van der Waals surface area (Å²) in [6, 6.07) is 5.76. The Balaban J connectivity index is 1.86. The number of phenolic OH excluding ortho intramolecular Hbond substituents is 1. The maximum Gasteiger partial charge on any atom is 0.258 e. The van der Waals surface area contributed by atoms with Crippen molar-refractivity contribution in [2.24, 2.45) is 0 Å². The van der Waals surface area contributed by atoms with Crippen LogP contribution in [-0.4, -0.2) is 27.3 Å². The van der Waals surface area contributed by atoms with Crippen molar-refractivity contribution in [1.29, 1.82) is 0 Å². The molecule has 0 bridgehead atoms. The molecule has 1 heterocycles. The van der Waals surface area contributed by atoms with Crippen LogP contribution in [0.5, 0.6) is 5.75 Å². The lowest BCUT2D eigenvalue weighted by Gasteiger charge is -2.08. The Morgan fingerprint density at radius 1 is 1.43 bits per heavy atom. The predicted octanol–water partition coefficient (Wildman–Crippen LogP) is 2.16. The highest BCUT2D eigenvalue weighted by Gasteiger charge is 2.15. The summed E-state index contributed by atoms with van der Waals surface area (Å²) in [6.45, 7) is 4.94. The summed E-state index contributed by atoms with van der Waals surface area (Å²) >= 11 is 0. The van der Waals surface area contributed by atoms with Gasteiger partial charge in [-0.15, -0.1) is 0 Å². The zero-order valence-corrected chi connectivity index (χ0v) is 12.1. The molecule has 2 rings (SSSR count). The SMILES string of the molecule is Cc1cc(C)n(CCCNC(=O)c2c(O)cccc2F)n1. The molecule has 0 saturated heterocycles. The van der Waals surface area contributed by atoms with E-state index in [9.17, 15) is 14.3 Å². The monoisotopic (exact) mass is 291 g/mol. The first-order valence-electron chi connectivity index (χ1n) is 6.76. The van der Waals surface area contributed by atoms with Crippen LogP contribution in [0.3, 0.4) is 0 Å². The fourth-order valence-corrected chi connectivity index (χ4v) is 2.16. The molecule has 0 atom stereocenters. The summed E-state index contributed by atoms with van der Waals surface area (Å²) in [5.74, 6) is -1.70. The van der Waals surface area contributed by atoms with E-state index < -0.39 is 11.7 Å². The van der Waals surface area contributed by atoms with Crippen molar-refractivity contribution in [3.63, 3.8) is 0 Å². The Morgan fingerprint density at radius 3 is 2.81 bits per heavy atom. The predicted molar refractivity (Wildman–Crippen MR) is 76.7 cm³/mol. The molecular formula is C15H18FN3O2. The number of aromatic nitrogens is 2. The maximum absolute atomic E-state index is 13.5. The first-order valence-corrected chi connectivity index (χ1v) is 6.76. The second kappa shape index (κ2) is 6.39. The van der Waals surface area contributed by atoms with Gasteiger partial charge in [-0.05, 0) is 38.5 Å². The lowest BCUT2D eigenvalue weighted by Crippen LogP contribution is -2.26. The second-order valence-electron chi connectivity index (χ2n) is 4.89. The van der Waals surface area contributed by atoms with E-state index in [1.54, 1.807) is 0 Å². The van der Waals surface area contributed by atoms with E-state index in [-0.39, 0.29) is 11.3 Å². The molecule has 2 aromatic rings. The molecule has 6 heteroatoms. The Labute approximate surface area is 122 Å². The molecule has 5 nitrogen and oxygen atoms in total. The number of benzene rings is 1. The third kappa shape index (κ3) is 3.59. The van der Waals surface area contributed by atoms with Gasteiger partial charge < -0.3 is 10.4 Å². The Bertz CT molecular complexity index is 632. The Kier molecular flexibility index (Phi) is 4.57. The molecule has 0 aliphatic carbocycles. The molecule has 2 N–H and O–H groups in total. The normalized spacial score (nSPS) is 10.6. The first kappa shape index (κ1) is 15.0. The zero-order chi connectivity index (χ0) is 15.4. The van der Waals surface area contributed by atoms with E-state index in [4.69, 9.17) is 0 Å².